The molecule has 1 unspecified atom stereocenters. The Kier molecular flexibility index (Phi) is 6.74. The molecule has 5 heteroatoms. The number of carbonyl (C=O) groups is 1. The molecule has 0 aliphatic heterocycles. The lowest BCUT2D eigenvalue weighted by molar-refractivity contribution is -0.121. The first-order chi connectivity index (χ1) is 9.15. The van der Waals surface area contributed by atoms with E-state index in [2.05, 4.69) is 10.6 Å². The second-order valence-corrected chi connectivity index (χ2v) is 4.27. The quantitative estimate of drug-likeness (QED) is 0.742. The second kappa shape index (κ2) is 8.37. The minimum atomic E-state index is -0.0920. The van der Waals surface area contributed by atoms with Gasteiger partial charge in [-0.25, -0.2) is 0 Å². The summed E-state index contributed by atoms with van der Waals surface area (Å²) in [6.45, 7) is 3.08. The van der Waals surface area contributed by atoms with Crippen LogP contribution >= 0.6 is 0 Å². The van der Waals surface area contributed by atoms with Gasteiger partial charge in [-0.05, 0) is 26.1 Å². The van der Waals surface area contributed by atoms with Crippen LogP contribution in [0.5, 0.6) is 11.5 Å². The molecule has 1 aromatic carbocycles. The van der Waals surface area contributed by atoms with Crippen molar-refractivity contribution < 1.29 is 14.3 Å². The van der Waals surface area contributed by atoms with Crippen LogP contribution in [0, 0.1) is 0 Å². The minimum absolute atomic E-state index is 0.0236. The lowest BCUT2D eigenvalue weighted by atomic mass is 10.3. The van der Waals surface area contributed by atoms with Crippen molar-refractivity contribution in [1.29, 1.82) is 0 Å². The van der Waals surface area contributed by atoms with Crippen LogP contribution in [0.15, 0.2) is 24.3 Å². The lowest BCUT2D eigenvalue weighted by Crippen LogP contribution is -2.34. The van der Waals surface area contributed by atoms with E-state index in [1.54, 1.807) is 7.11 Å². The third kappa shape index (κ3) is 6.10. The van der Waals surface area contributed by atoms with E-state index in [0.717, 1.165) is 11.5 Å². The van der Waals surface area contributed by atoms with Crippen LogP contribution in [0.3, 0.4) is 0 Å². The first-order valence-electron chi connectivity index (χ1n) is 6.37. The summed E-state index contributed by atoms with van der Waals surface area (Å²) in [5.74, 6) is 1.51. The fourth-order valence-electron chi connectivity index (χ4n) is 1.53. The number of amides is 1. The molecule has 0 fully saturated rings. The number of nitrogens with one attached hydrogen (secondary N) is 2. The Hall–Kier alpha value is -1.75. The van der Waals surface area contributed by atoms with Gasteiger partial charge in [0.1, 0.15) is 17.6 Å². The number of benzene rings is 1. The van der Waals surface area contributed by atoms with Crippen LogP contribution in [0.2, 0.25) is 0 Å². The molecule has 0 aromatic heterocycles. The smallest absolute Gasteiger partial charge is 0.221 e. The molecule has 1 atom stereocenters. The zero-order valence-corrected chi connectivity index (χ0v) is 11.7. The number of rotatable bonds is 8. The topological polar surface area (TPSA) is 59.6 Å². The first-order valence-corrected chi connectivity index (χ1v) is 6.37. The molecular formula is C14H22N2O3. The molecule has 0 heterocycles. The summed E-state index contributed by atoms with van der Waals surface area (Å²) in [7, 11) is 3.44. The number of hydrogen-bond acceptors (Lipinski definition) is 4. The summed E-state index contributed by atoms with van der Waals surface area (Å²) in [5, 5.41) is 5.76. The Morgan fingerprint density at radius 3 is 2.79 bits per heavy atom. The Labute approximate surface area is 114 Å². The summed E-state index contributed by atoms with van der Waals surface area (Å²) in [6.07, 6.45) is 0.383. The largest absolute Gasteiger partial charge is 0.497 e. The predicted octanol–water partition coefficient (Wildman–Crippen LogP) is 1.19. The Bertz CT molecular complexity index is 396. The van der Waals surface area contributed by atoms with Crippen LogP contribution in [0.25, 0.3) is 0 Å². The molecule has 1 rings (SSSR count). The van der Waals surface area contributed by atoms with Crippen molar-refractivity contribution in [2.24, 2.45) is 0 Å². The van der Waals surface area contributed by atoms with Gasteiger partial charge in [0.25, 0.3) is 0 Å². The van der Waals surface area contributed by atoms with Crippen LogP contribution in [0.4, 0.5) is 0 Å². The molecule has 0 saturated carbocycles. The van der Waals surface area contributed by atoms with Crippen LogP contribution < -0.4 is 20.1 Å². The van der Waals surface area contributed by atoms with E-state index in [1.165, 1.54) is 0 Å². The molecule has 0 saturated heterocycles. The number of methoxy groups -OCH3 is 1. The van der Waals surface area contributed by atoms with E-state index in [0.29, 0.717) is 19.5 Å². The standard InChI is InChI=1S/C14H22N2O3/c1-11(10-16-14(17)7-8-15-2)19-13-6-4-5-12(9-13)18-3/h4-6,9,11,15H,7-8,10H2,1-3H3,(H,16,17). The molecule has 0 aliphatic carbocycles. The normalized spacial score (nSPS) is 11.7. The molecular weight excluding hydrogens is 244 g/mol. The van der Waals surface area contributed by atoms with E-state index in [1.807, 2.05) is 38.2 Å². The average molecular weight is 266 g/mol. The van der Waals surface area contributed by atoms with E-state index in [9.17, 15) is 4.79 Å². The third-order valence-electron chi connectivity index (χ3n) is 2.57. The summed E-state index contributed by atoms with van der Waals surface area (Å²) in [4.78, 5) is 11.4. The SMILES string of the molecule is CNCCC(=O)NCC(C)Oc1cccc(OC)c1. The summed E-state index contributed by atoms with van der Waals surface area (Å²) >= 11 is 0. The molecule has 19 heavy (non-hydrogen) atoms. The van der Waals surface area contributed by atoms with Crippen LogP contribution in [-0.4, -0.2) is 39.3 Å². The van der Waals surface area contributed by atoms with Gasteiger partial charge in [0, 0.05) is 19.0 Å². The van der Waals surface area contributed by atoms with E-state index in [4.69, 9.17) is 9.47 Å². The minimum Gasteiger partial charge on any atom is -0.497 e. The highest BCUT2D eigenvalue weighted by molar-refractivity contribution is 5.76. The number of ether oxygens (including phenoxy) is 2. The van der Waals surface area contributed by atoms with Gasteiger partial charge in [-0.1, -0.05) is 6.07 Å². The van der Waals surface area contributed by atoms with Crippen molar-refractivity contribution in [1.82, 2.24) is 10.6 Å². The van der Waals surface area contributed by atoms with Crippen LogP contribution in [-0.2, 0) is 4.79 Å². The summed E-state index contributed by atoms with van der Waals surface area (Å²) in [5.41, 5.74) is 0. The van der Waals surface area contributed by atoms with Crippen molar-refractivity contribution >= 4 is 5.91 Å². The zero-order valence-electron chi connectivity index (χ0n) is 11.7. The number of hydrogen-bond donors (Lipinski definition) is 2. The second-order valence-electron chi connectivity index (χ2n) is 4.27. The average Bonchev–Trinajstić information content (AvgIpc) is 2.43. The maximum Gasteiger partial charge on any atom is 0.221 e. The monoisotopic (exact) mass is 266 g/mol. The molecule has 0 radical (unpaired) electrons. The predicted molar refractivity (Wildman–Crippen MR) is 74.6 cm³/mol. The Morgan fingerprint density at radius 2 is 2.11 bits per heavy atom. The molecule has 0 bridgehead atoms. The molecule has 106 valence electrons. The van der Waals surface area contributed by atoms with E-state index < -0.39 is 0 Å². The number of carbonyl (C=O) groups excluding carboxylic acids is 1. The molecule has 1 amide bonds. The van der Waals surface area contributed by atoms with Crippen molar-refractivity contribution in [3.63, 3.8) is 0 Å². The highest BCUT2D eigenvalue weighted by Crippen LogP contribution is 2.19. The highest BCUT2D eigenvalue weighted by atomic mass is 16.5. The molecule has 0 aliphatic rings. The van der Waals surface area contributed by atoms with E-state index >= 15 is 0 Å². The Balaban J connectivity index is 2.34. The summed E-state index contributed by atoms with van der Waals surface area (Å²) < 4.78 is 10.8. The molecule has 0 spiro atoms. The van der Waals surface area contributed by atoms with Gasteiger partial charge in [-0.3, -0.25) is 4.79 Å². The van der Waals surface area contributed by atoms with Gasteiger partial charge in [0.15, 0.2) is 0 Å². The van der Waals surface area contributed by atoms with Gasteiger partial charge in [0.05, 0.1) is 13.7 Å². The van der Waals surface area contributed by atoms with Gasteiger partial charge < -0.3 is 20.1 Å². The Morgan fingerprint density at radius 1 is 1.37 bits per heavy atom. The molecule has 5 nitrogen and oxygen atoms in total. The fraction of sp³-hybridized carbons (Fsp3) is 0.500. The van der Waals surface area contributed by atoms with Gasteiger partial charge in [0.2, 0.25) is 5.91 Å². The van der Waals surface area contributed by atoms with Crippen molar-refractivity contribution in [3.05, 3.63) is 24.3 Å². The molecule has 2 N–H and O–H groups in total. The van der Waals surface area contributed by atoms with Gasteiger partial charge in [-0.2, -0.15) is 0 Å². The first kappa shape index (κ1) is 15.3. The molecule has 1 aromatic rings. The van der Waals surface area contributed by atoms with Gasteiger partial charge >= 0.3 is 0 Å². The van der Waals surface area contributed by atoms with E-state index in [-0.39, 0.29) is 12.0 Å². The maximum absolute atomic E-state index is 11.4. The lowest BCUT2D eigenvalue weighted by Gasteiger charge is -2.16. The highest BCUT2D eigenvalue weighted by Gasteiger charge is 2.07. The van der Waals surface area contributed by atoms with Crippen molar-refractivity contribution in [3.8, 4) is 11.5 Å². The van der Waals surface area contributed by atoms with Gasteiger partial charge in [-0.15, -0.1) is 0 Å². The van der Waals surface area contributed by atoms with Crippen molar-refractivity contribution in [2.75, 3.05) is 27.2 Å². The summed E-state index contributed by atoms with van der Waals surface area (Å²) in [6, 6.07) is 7.41. The zero-order chi connectivity index (χ0) is 14.1. The van der Waals surface area contributed by atoms with Crippen LogP contribution in [0.1, 0.15) is 13.3 Å². The maximum atomic E-state index is 11.4. The fourth-order valence-corrected chi connectivity index (χ4v) is 1.53. The van der Waals surface area contributed by atoms with Crippen molar-refractivity contribution in [2.45, 2.75) is 19.4 Å². The third-order valence-corrected chi connectivity index (χ3v) is 2.57.